The lowest BCUT2D eigenvalue weighted by Crippen LogP contribution is -2.28. The van der Waals surface area contributed by atoms with Crippen molar-refractivity contribution in [1.82, 2.24) is 30.1 Å². The van der Waals surface area contributed by atoms with Gasteiger partial charge >= 0.3 is 0 Å². The molecule has 0 unspecified atom stereocenters. The Morgan fingerprint density at radius 2 is 1.72 bits per heavy atom. The molecule has 0 amide bonds. The number of aryl methyl sites for hydroxylation is 2. The first kappa shape index (κ1) is 26.1. The third-order valence-electron chi connectivity index (χ3n) is 6.61. The molecular formula is C30H32N6O3. The SMILES string of the molecule is CCOc1ccc2[nH]c(=O)c(CN(Cc3ccccc3OC)Cc3nnnn3CCc3ccccc3)cc2c1. The number of H-pyrrole nitrogens is 1. The zero-order valence-electron chi connectivity index (χ0n) is 22.2. The smallest absolute Gasteiger partial charge is 0.252 e. The van der Waals surface area contributed by atoms with Gasteiger partial charge in [-0.2, -0.15) is 0 Å². The van der Waals surface area contributed by atoms with Gasteiger partial charge in [-0.15, -0.1) is 5.10 Å². The Morgan fingerprint density at radius 3 is 2.54 bits per heavy atom. The van der Waals surface area contributed by atoms with Gasteiger partial charge in [-0.25, -0.2) is 4.68 Å². The minimum absolute atomic E-state index is 0.125. The second-order valence-electron chi connectivity index (χ2n) is 9.32. The molecule has 0 fully saturated rings. The fraction of sp³-hybridized carbons (Fsp3) is 0.267. The van der Waals surface area contributed by atoms with Crippen molar-refractivity contribution in [3.63, 3.8) is 0 Å². The number of benzene rings is 3. The van der Waals surface area contributed by atoms with Crippen molar-refractivity contribution in [1.29, 1.82) is 0 Å². The van der Waals surface area contributed by atoms with Crippen LogP contribution in [0.5, 0.6) is 11.5 Å². The Balaban J connectivity index is 1.43. The summed E-state index contributed by atoms with van der Waals surface area (Å²) in [7, 11) is 1.66. The summed E-state index contributed by atoms with van der Waals surface area (Å²) in [6.07, 6.45) is 0.817. The molecule has 0 bridgehead atoms. The number of nitrogens with zero attached hydrogens (tertiary/aromatic N) is 5. The standard InChI is InChI=1S/C30H32N6O3/c1-3-39-26-13-14-27-24(18-26)17-25(30(37)31-27)20-35(19-23-11-7-8-12-28(23)38-2)21-29-32-33-34-36(29)16-15-22-9-5-4-6-10-22/h4-14,17-18H,3,15-16,19-21H2,1-2H3,(H,31,37). The Bertz CT molecular complexity index is 1580. The molecule has 0 atom stereocenters. The molecule has 0 saturated carbocycles. The predicted octanol–water partition coefficient (Wildman–Crippen LogP) is 4.37. The summed E-state index contributed by atoms with van der Waals surface area (Å²) in [6, 6.07) is 25.8. The van der Waals surface area contributed by atoms with E-state index in [0.717, 1.165) is 40.2 Å². The van der Waals surface area contributed by atoms with Crippen LogP contribution in [0.25, 0.3) is 10.9 Å². The zero-order chi connectivity index (χ0) is 27.0. The molecule has 2 heterocycles. The van der Waals surface area contributed by atoms with Crippen molar-refractivity contribution in [2.24, 2.45) is 0 Å². The molecule has 5 aromatic rings. The topological polar surface area (TPSA) is 98.2 Å². The van der Waals surface area contributed by atoms with Gasteiger partial charge in [-0.3, -0.25) is 9.69 Å². The van der Waals surface area contributed by atoms with Gasteiger partial charge in [0.15, 0.2) is 5.82 Å². The lowest BCUT2D eigenvalue weighted by Gasteiger charge is -2.23. The number of pyridine rings is 1. The highest BCUT2D eigenvalue weighted by Gasteiger charge is 2.17. The predicted molar refractivity (Wildman–Crippen MR) is 150 cm³/mol. The molecule has 2 aromatic heterocycles. The molecule has 0 aliphatic rings. The van der Waals surface area contributed by atoms with E-state index in [4.69, 9.17) is 9.47 Å². The van der Waals surface area contributed by atoms with Crippen LogP contribution in [0, 0.1) is 0 Å². The lowest BCUT2D eigenvalue weighted by molar-refractivity contribution is 0.231. The minimum atomic E-state index is -0.125. The molecule has 0 aliphatic carbocycles. The summed E-state index contributed by atoms with van der Waals surface area (Å²) >= 11 is 0. The fourth-order valence-corrected chi connectivity index (χ4v) is 4.68. The number of aromatic amines is 1. The minimum Gasteiger partial charge on any atom is -0.496 e. The second-order valence-corrected chi connectivity index (χ2v) is 9.32. The molecule has 200 valence electrons. The van der Waals surface area contributed by atoms with Gasteiger partial charge in [0.25, 0.3) is 5.56 Å². The molecule has 39 heavy (non-hydrogen) atoms. The number of hydrogen-bond donors (Lipinski definition) is 1. The van der Waals surface area contributed by atoms with Gasteiger partial charge in [0.1, 0.15) is 11.5 Å². The third kappa shape index (κ3) is 6.50. The normalized spacial score (nSPS) is 11.3. The summed E-state index contributed by atoms with van der Waals surface area (Å²) < 4.78 is 13.1. The van der Waals surface area contributed by atoms with Crippen LogP contribution in [0.1, 0.15) is 29.4 Å². The van der Waals surface area contributed by atoms with E-state index in [1.54, 1.807) is 7.11 Å². The molecule has 9 nitrogen and oxygen atoms in total. The fourth-order valence-electron chi connectivity index (χ4n) is 4.68. The first-order valence-electron chi connectivity index (χ1n) is 13.0. The lowest BCUT2D eigenvalue weighted by atomic mass is 10.1. The van der Waals surface area contributed by atoms with Crippen LogP contribution < -0.4 is 15.0 Å². The number of para-hydroxylation sites is 1. The van der Waals surface area contributed by atoms with Crippen molar-refractivity contribution in [3.05, 3.63) is 112 Å². The van der Waals surface area contributed by atoms with Crippen molar-refractivity contribution in [2.75, 3.05) is 13.7 Å². The zero-order valence-corrected chi connectivity index (χ0v) is 22.2. The van der Waals surface area contributed by atoms with E-state index in [1.165, 1.54) is 5.56 Å². The van der Waals surface area contributed by atoms with Crippen LogP contribution in [-0.2, 0) is 32.6 Å². The van der Waals surface area contributed by atoms with E-state index in [0.29, 0.717) is 38.3 Å². The molecule has 5 rings (SSSR count). The first-order valence-corrected chi connectivity index (χ1v) is 13.0. The number of hydrogen-bond acceptors (Lipinski definition) is 7. The third-order valence-corrected chi connectivity index (χ3v) is 6.61. The summed E-state index contributed by atoms with van der Waals surface area (Å²) in [5.41, 5.74) is 3.53. The molecular weight excluding hydrogens is 492 g/mol. The molecule has 0 saturated heterocycles. The molecule has 9 heteroatoms. The Hall–Kier alpha value is -4.50. The number of nitrogens with one attached hydrogen (secondary N) is 1. The van der Waals surface area contributed by atoms with E-state index in [9.17, 15) is 4.79 Å². The van der Waals surface area contributed by atoms with Crippen LogP contribution in [0.3, 0.4) is 0 Å². The van der Waals surface area contributed by atoms with Crippen LogP contribution >= 0.6 is 0 Å². The molecule has 0 radical (unpaired) electrons. The first-order chi connectivity index (χ1) is 19.1. The Labute approximate surface area is 227 Å². The highest BCUT2D eigenvalue weighted by Crippen LogP contribution is 2.23. The summed E-state index contributed by atoms with van der Waals surface area (Å²) in [4.78, 5) is 18.3. The highest BCUT2D eigenvalue weighted by atomic mass is 16.5. The number of aromatic nitrogens is 5. The molecule has 1 N–H and O–H groups in total. The number of rotatable bonds is 12. The van der Waals surface area contributed by atoms with E-state index >= 15 is 0 Å². The van der Waals surface area contributed by atoms with Gasteiger partial charge in [0.05, 0.1) is 20.3 Å². The van der Waals surface area contributed by atoms with E-state index in [2.05, 4.69) is 37.5 Å². The van der Waals surface area contributed by atoms with Gasteiger partial charge in [0.2, 0.25) is 0 Å². The maximum atomic E-state index is 13.1. The molecule has 3 aromatic carbocycles. The summed E-state index contributed by atoms with van der Waals surface area (Å²) in [5, 5.41) is 13.4. The Kier molecular flexibility index (Phi) is 8.28. The molecule has 0 aliphatic heterocycles. The van der Waals surface area contributed by atoms with Gasteiger partial charge in [0, 0.05) is 41.7 Å². The van der Waals surface area contributed by atoms with E-state index < -0.39 is 0 Å². The maximum Gasteiger partial charge on any atom is 0.252 e. The average Bonchev–Trinajstić information content (AvgIpc) is 3.40. The summed E-state index contributed by atoms with van der Waals surface area (Å²) in [6.45, 7) is 4.58. The van der Waals surface area contributed by atoms with Crippen molar-refractivity contribution in [2.45, 2.75) is 39.5 Å². The summed E-state index contributed by atoms with van der Waals surface area (Å²) in [5.74, 6) is 2.29. The van der Waals surface area contributed by atoms with Crippen LogP contribution in [0.4, 0.5) is 0 Å². The number of tetrazole rings is 1. The number of methoxy groups -OCH3 is 1. The van der Waals surface area contributed by atoms with Crippen LogP contribution in [-0.4, -0.2) is 43.8 Å². The largest absolute Gasteiger partial charge is 0.496 e. The van der Waals surface area contributed by atoms with Crippen molar-refractivity contribution >= 4 is 10.9 Å². The van der Waals surface area contributed by atoms with Gasteiger partial charge in [-0.1, -0.05) is 48.5 Å². The monoisotopic (exact) mass is 524 g/mol. The Morgan fingerprint density at radius 1 is 0.923 bits per heavy atom. The number of ether oxygens (including phenoxy) is 2. The maximum absolute atomic E-state index is 13.1. The average molecular weight is 525 g/mol. The van der Waals surface area contributed by atoms with Gasteiger partial charge in [-0.05, 0) is 59.7 Å². The number of fused-ring (bicyclic) bond motifs is 1. The van der Waals surface area contributed by atoms with Crippen molar-refractivity contribution < 1.29 is 9.47 Å². The van der Waals surface area contributed by atoms with Crippen molar-refractivity contribution in [3.8, 4) is 11.5 Å². The molecule has 0 spiro atoms. The highest BCUT2D eigenvalue weighted by molar-refractivity contribution is 5.80. The van der Waals surface area contributed by atoms with Crippen LogP contribution in [0.2, 0.25) is 0 Å². The second kappa shape index (κ2) is 12.4. The van der Waals surface area contributed by atoms with Crippen LogP contribution in [0.15, 0.2) is 83.7 Å². The van der Waals surface area contributed by atoms with E-state index in [1.807, 2.05) is 78.3 Å². The van der Waals surface area contributed by atoms with Gasteiger partial charge < -0.3 is 14.5 Å². The quantitative estimate of drug-likeness (QED) is 0.259. The van der Waals surface area contributed by atoms with E-state index in [-0.39, 0.29) is 5.56 Å².